The summed E-state index contributed by atoms with van der Waals surface area (Å²) in [6, 6.07) is 6.41. The minimum atomic E-state index is 0.285. The first-order valence-corrected chi connectivity index (χ1v) is 8.23. The zero-order valence-corrected chi connectivity index (χ0v) is 12.0. The van der Waals surface area contributed by atoms with Gasteiger partial charge >= 0.3 is 0 Å². The summed E-state index contributed by atoms with van der Waals surface area (Å²) < 4.78 is 0. The molecule has 1 amide bonds. The van der Waals surface area contributed by atoms with E-state index in [0.29, 0.717) is 5.92 Å². The Labute approximate surface area is 121 Å². The van der Waals surface area contributed by atoms with Crippen LogP contribution in [0.5, 0.6) is 0 Å². The first-order chi connectivity index (χ1) is 9.81. The largest absolute Gasteiger partial charge is 0.326 e. The fourth-order valence-electron chi connectivity index (χ4n) is 4.69. The molecule has 1 aromatic rings. The van der Waals surface area contributed by atoms with E-state index in [-0.39, 0.29) is 11.8 Å². The average Bonchev–Trinajstić information content (AvgIpc) is 3.10. The van der Waals surface area contributed by atoms with Crippen molar-refractivity contribution in [1.82, 2.24) is 0 Å². The maximum atomic E-state index is 12.6. The Bertz CT molecular complexity index is 536. The van der Waals surface area contributed by atoms with E-state index in [4.69, 9.17) is 0 Å². The van der Waals surface area contributed by atoms with Crippen LogP contribution in [0.2, 0.25) is 0 Å². The molecule has 106 valence electrons. The summed E-state index contributed by atoms with van der Waals surface area (Å²) in [5.41, 5.74) is 3.94. The maximum absolute atomic E-state index is 12.6. The number of carbonyl (C=O) groups excluding carboxylic acids is 1. The van der Waals surface area contributed by atoms with Crippen molar-refractivity contribution >= 4 is 11.6 Å². The summed E-state index contributed by atoms with van der Waals surface area (Å²) in [7, 11) is 0. The molecule has 2 saturated carbocycles. The summed E-state index contributed by atoms with van der Waals surface area (Å²) in [6.45, 7) is 0. The van der Waals surface area contributed by atoms with E-state index in [1.54, 1.807) is 0 Å². The Morgan fingerprint density at radius 2 is 2.00 bits per heavy atom. The van der Waals surface area contributed by atoms with Crippen molar-refractivity contribution in [3.63, 3.8) is 0 Å². The molecule has 0 heterocycles. The molecule has 3 unspecified atom stereocenters. The lowest BCUT2D eigenvalue weighted by molar-refractivity contribution is -0.121. The van der Waals surface area contributed by atoms with Crippen LogP contribution in [0, 0.1) is 17.8 Å². The fourth-order valence-corrected chi connectivity index (χ4v) is 4.69. The first kappa shape index (κ1) is 12.4. The van der Waals surface area contributed by atoms with E-state index < -0.39 is 0 Å². The van der Waals surface area contributed by atoms with Gasteiger partial charge in [-0.3, -0.25) is 4.79 Å². The standard InChI is InChI=1S/C18H23NO/c20-18(16-11-12-8-9-14(16)10-12)19-17-7-3-5-13-4-1-2-6-15(13)17/h3,5,7,12,14,16H,1-2,4,6,8-11H2,(H,19,20). The highest BCUT2D eigenvalue weighted by Gasteiger charge is 2.43. The molecule has 3 atom stereocenters. The maximum Gasteiger partial charge on any atom is 0.227 e. The smallest absolute Gasteiger partial charge is 0.227 e. The zero-order chi connectivity index (χ0) is 13.5. The van der Waals surface area contributed by atoms with Gasteiger partial charge < -0.3 is 5.32 Å². The molecule has 0 aromatic heterocycles. The van der Waals surface area contributed by atoms with Gasteiger partial charge in [0.25, 0.3) is 0 Å². The van der Waals surface area contributed by atoms with Gasteiger partial charge in [-0.2, -0.15) is 0 Å². The van der Waals surface area contributed by atoms with E-state index in [1.807, 2.05) is 0 Å². The molecule has 4 rings (SSSR count). The summed E-state index contributed by atoms with van der Waals surface area (Å²) in [4.78, 5) is 12.6. The molecule has 2 heteroatoms. The van der Waals surface area contributed by atoms with Crippen LogP contribution >= 0.6 is 0 Å². The third-order valence-corrected chi connectivity index (χ3v) is 5.73. The lowest BCUT2D eigenvalue weighted by Crippen LogP contribution is -2.27. The summed E-state index contributed by atoms with van der Waals surface area (Å²) in [6.07, 6.45) is 9.90. The van der Waals surface area contributed by atoms with Crippen LogP contribution in [0.15, 0.2) is 18.2 Å². The number of benzene rings is 1. The van der Waals surface area contributed by atoms with Gasteiger partial charge in [-0.15, -0.1) is 0 Å². The molecule has 1 aromatic carbocycles. The molecule has 2 nitrogen and oxygen atoms in total. The molecular weight excluding hydrogens is 246 g/mol. The highest BCUT2D eigenvalue weighted by atomic mass is 16.1. The number of rotatable bonds is 2. The molecule has 0 radical (unpaired) electrons. The fraction of sp³-hybridized carbons (Fsp3) is 0.611. The van der Waals surface area contributed by atoms with E-state index >= 15 is 0 Å². The van der Waals surface area contributed by atoms with E-state index in [9.17, 15) is 4.79 Å². The Morgan fingerprint density at radius 3 is 2.80 bits per heavy atom. The van der Waals surface area contributed by atoms with E-state index in [2.05, 4.69) is 23.5 Å². The van der Waals surface area contributed by atoms with Crippen LogP contribution in [0.3, 0.4) is 0 Å². The van der Waals surface area contributed by atoms with Gasteiger partial charge in [-0.1, -0.05) is 18.6 Å². The van der Waals surface area contributed by atoms with Crippen molar-refractivity contribution in [1.29, 1.82) is 0 Å². The Hall–Kier alpha value is -1.31. The molecule has 0 saturated heterocycles. The quantitative estimate of drug-likeness (QED) is 0.865. The zero-order valence-electron chi connectivity index (χ0n) is 12.0. The molecule has 3 aliphatic rings. The summed E-state index contributed by atoms with van der Waals surface area (Å²) >= 11 is 0. The molecule has 1 N–H and O–H groups in total. The Balaban J connectivity index is 1.53. The molecule has 2 fully saturated rings. The lowest BCUT2D eigenvalue weighted by atomic mass is 9.87. The number of anilines is 1. The number of nitrogens with one attached hydrogen (secondary N) is 1. The SMILES string of the molecule is O=C(Nc1cccc2c1CCCC2)C1CC2CCC1C2. The number of hydrogen-bond acceptors (Lipinski definition) is 1. The Morgan fingerprint density at radius 1 is 1.10 bits per heavy atom. The molecule has 0 spiro atoms. The van der Waals surface area contributed by atoms with E-state index in [0.717, 1.165) is 24.4 Å². The molecule has 2 bridgehead atoms. The van der Waals surface area contributed by atoms with Crippen LogP contribution in [0.25, 0.3) is 0 Å². The number of amides is 1. The van der Waals surface area contributed by atoms with Crippen molar-refractivity contribution in [2.24, 2.45) is 17.8 Å². The lowest BCUT2D eigenvalue weighted by Gasteiger charge is -2.23. The minimum absolute atomic E-state index is 0.285. The van der Waals surface area contributed by atoms with Gasteiger partial charge in [0.05, 0.1) is 0 Å². The molecular formula is C18H23NO. The first-order valence-electron chi connectivity index (χ1n) is 8.23. The highest BCUT2D eigenvalue weighted by Crippen LogP contribution is 2.48. The van der Waals surface area contributed by atoms with Crippen molar-refractivity contribution in [2.75, 3.05) is 5.32 Å². The van der Waals surface area contributed by atoms with Crippen LogP contribution in [-0.4, -0.2) is 5.91 Å². The molecule has 20 heavy (non-hydrogen) atoms. The van der Waals surface area contributed by atoms with Gasteiger partial charge in [0.1, 0.15) is 0 Å². The second-order valence-electron chi connectivity index (χ2n) is 6.92. The van der Waals surface area contributed by atoms with Crippen molar-refractivity contribution in [3.05, 3.63) is 29.3 Å². The van der Waals surface area contributed by atoms with Gasteiger partial charge in [0.15, 0.2) is 0 Å². The number of hydrogen-bond donors (Lipinski definition) is 1. The van der Waals surface area contributed by atoms with Crippen LogP contribution in [-0.2, 0) is 17.6 Å². The van der Waals surface area contributed by atoms with Crippen molar-refractivity contribution in [3.8, 4) is 0 Å². The van der Waals surface area contributed by atoms with Crippen molar-refractivity contribution in [2.45, 2.75) is 51.4 Å². The number of aryl methyl sites for hydroxylation is 1. The third kappa shape index (κ3) is 2.06. The summed E-state index contributed by atoms with van der Waals surface area (Å²) in [5, 5.41) is 3.26. The van der Waals surface area contributed by atoms with Crippen LogP contribution < -0.4 is 5.32 Å². The monoisotopic (exact) mass is 269 g/mol. The van der Waals surface area contributed by atoms with Gasteiger partial charge in [-0.25, -0.2) is 0 Å². The van der Waals surface area contributed by atoms with Crippen LogP contribution in [0.4, 0.5) is 5.69 Å². The second kappa shape index (κ2) is 4.91. The van der Waals surface area contributed by atoms with Crippen molar-refractivity contribution < 1.29 is 4.79 Å². The van der Waals surface area contributed by atoms with E-state index in [1.165, 1.54) is 49.7 Å². The van der Waals surface area contributed by atoms with Crippen LogP contribution in [0.1, 0.15) is 49.7 Å². The van der Waals surface area contributed by atoms with Gasteiger partial charge in [-0.05, 0) is 74.0 Å². The van der Waals surface area contributed by atoms with Gasteiger partial charge in [0.2, 0.25) is 5.91 Å². The predicted molar refractivity (Wildman–Crippen MR) is 80.7 cm³/mol. The Kier molecular flexibility index (Phi) is 3.05. The average molecular weight is 269 g/mol. The molecule has 3 aliphatic carbocycles. The third-order valence-electron chi connectivity index (χ3n) is 5.73. The minimum Gasteiger partial charge on any atom is -0.326 e. The molecule has 0 aliphatic heterocycles. The highest BCUT2D eigenvalue weighted by molar-refractivity contribution is 5.94. The second-order valence-corrected chi connectivity index (χ2v) is 6.92. The predicted octanol–water partition coefficient (Wildman–Crippen LogP) is 3.94. The number of fused-ring (bicyclic) bond motifs is 3. The topological polar surface area (TPSA) is 29.1 Å². The summed E-state index contributed by atoms with van der Waals surface area (Å²) in [5.74, 6) is 2.07. The normalized spacial score (nSPS) is 31.1. The number of carbonyl (C=O) groups is 1. The van der Waals surface area contributed by atoms with Gasteiger partial charge in [0, 0.05) is 11.6 Å².